The highest BCUT2D eigenvalue weighted by Gasteiger charge is 2.29. The Hall–Kier alpha value is -4.92. The number of aliphatic carboxylic acids is 4. The second-order valence-electron chi connectivity index (χ2n) is 19.2. The first-order valence-corrected chi connectivity index (χ1v) is 26.9. The summed E-state index contributed by atoms with van der Waals surface area (Å²) in [6.45, 7) is 11.2. The zero-order valence-corrected chi connectivity index (χ0v) is 46.9. The summed E-state index contributed by atoms with van der Waals surface area (Å²) in [7, 11) is 1.62. The normalized spacial score (nSPS) is 15.2. The fraction of sp³-hybridized carbons (Fsp3) is 0.840. The van der Waals surface area contributed by atoms with E-state index < -0.39 is 59.5 Å². The summed E-state index contributed by atoms with van der Waals surface area (Å²) in [6.07, 6.45) is 0.507. The lowest BCUT2D eigenvalue weighted by atomic mass is 10.1. The van der Waals surface area contributed by atoms with E-state index in [9.17, 15) is 58.8 Å². The molecule has 0 bridgehead atoms. The van der Waals surface area contributed by atoms with Crippen molar-refractivity contribution in [2.45, 2.75) is 77.0 Å². The molecule has 8 N–H and O–H groups in total. The third-order valence-corrected chi connectivity index (χ3v) is 11.4. The Labute approximate surface area is 463 Å². The molecule has 1 rings (SSSR count). The Morgan fingerprint density at radius 1 is 0.468 bits per heavy atom. The summed E-state index contributed by atoms with van der Waals surface area (Å²) < 4.78 is 48.5. The summed E-state index contributed by atoms with van der Waals surface area (Å²) in [4.78, 5) is 104. The van der Waals surface area contributed by atoms with Crippen LogP contribution >= 0.6 is 0 Å². The monoisotopic (exact) mass is 1140 g/mol. The molecule has 1 aliphatic heterocycles. The largest absolute Gasteiger partial charge is 0.480 e. The van der Waals surface area contributed by atoms with Crippen LogP contribution in [0.3, 0.4) is 0 Å². The van der Waals surface area contributed by atoms with E-state index in [0.29, 0.717) is 85.5 Å². The zero-order valence-electron chi connectivity index (χ0n) is 46.9. The smallest absolute Gasteiger partial charge is 0.408 e. The number of carbonyl (C=O) groups is 8. The molecule has 4 amide bonds. The lowest BCUT2D eigenvalue weighted by Gasteiger charge is -2.35. The Kier molecular flexibility index (Phi) is 41.8. The number of nitrogens with one attached hydrogen (secondary N) is 4. The van der Waals surface area contributed by atoms with Crippen LogP contribution in [0.15, 0.2) is 0 Å². The highest BCUT2D eigenvalue weighted by Crippen LogP contribution is 2.12. The van der Waals surface area contributed by atoms with Crippen molar-refractivity contribution in [2.75, 3.05) is 198 Å². The molecule has 0 saturated carbocycles. The first kappa shape index (κ1) is 72.1. The molecule has 458 valence electrons. The first-order chi connectivity index (χ1) is 37.8. The van der Waals surface area contributed by atoms with Crippen LogP contribution in [0.5, 0.6) is 0 Å². The fourth-order valence-corrected chi connectivity index (χ4v) is 7.48. The number of amides is 4. The topological polar surface area (TPSA) is 362 Å². The summed E-state index contributed by atoms with van der Waals surface area (Å²) in [6, 6.07) is -2.06. The molecule has 0 aromatic carbocycles. The summed E-state index contributed by atoms with van der Waals surface area (Å²) in [5.74, 6) is -5.56. The molecule has 0 spiro atoms. The van der Waals surface area contributed by atoms with Crippen LogP contribution in [-0.4, -0.2) is 303 Å². The predicted molar refractivity (Wildman–Crippen MR) is 283 cm³/mol. The van der Waals surface area contributed by atoms with Gasteiger partial charge in [0.1, 0.15) is 17.7 Å². The number of carbonyl (C=O) groups excluding carboxylic acids is 4. The van der Waals surface area contributed by atoms with Crippen molar-refractivity contribution < 1.29 is 101 Å². The number of carboxylic acid groups (broad SMARTS) is 4. The van der Waals surface area contributed by atoms with E-state index in [1.165, 1.54) is 0 Å². The van der Waals surface area contributed by atoms with Gasteiger partial charge < -0.3 is 84.3 Å². The maximum atomic E-state index is 13.1. The second-order valence-corrected chi connectivity index (χ2v) is 19.2. The molecule has 1 saturated heterocycles. The minimum Gasteiger partial charge on any atom is -0.480 e. The number of methoxy groups -OCH3 is 1. The quantitative estimate of drug-likeness (QED) is 0.0314. The molecule has 0 aromatic rings. The average Bonchev–Trinajstić information content (AvgIpc) is 3.37. The van der Waals surface area contributed by atoms with Gasteiger partial charge in [-0.25, -0.2) is 4.79 Å². The first-order valence-electron chi connectivity index (χ1n) is 26.9. The highest BCUT2D eigenvalue weighted by atomic mass is 16.6. The van der Waals surface area contributed by atoms with Gasteiger partial charge in [0.25, 0.3) is 0 Å². The van der Waals surface area contributed by atoms with Crippen LogP contribution in [0.25, 0.3) is 0 Å². The number of hydrogen-bond acceptors (Lipinski definition) is 21. The Morgan fingerprint density at radius 3 is 1.29 bits per heavy atom. The number of nitrogens with zero attached hydrogens (tertiary/aromatic N) is 4. The van der Waals surface area contributed by atoms with Crippen molar-refractivity contribution in [1.29, 1.82) is 0 Å². The van der Waals surface area contributed by atoms with Crippen molar-refractivity contribution >= 4 is 47.7 Å². The number of unbranched alkanes of at least 4 members (excludes halogenated alkanes) is 1. The SMILES string of the molecule is COCCOCCOCCOCCOCCOCCC(=O)NCCCCC(NC(=O)OC(C)(C)C)C(=O)NCCOCCOCCNC(=O)CCC(C(=O)O)N1CCN(CC(=O)O)CCN(CC(=O)O)CCN(CC(=O)O)CC1. The maximum Gasteiger partial charge on any atom is 0.408 e. The molecular weight excluding hydrogens is 1050 g/mol. The van der Waals surface area contributed by atoms with Gasteiger partial charge in [0.15, 0.2) is 0 Å². The molecule has 0 aliphatic carbocycles. The molecular formula is C50H92N8O21. The third-order valence-electron chi connectivity index (χ3n) is 11.4. The molecule has 1 aliphatic rings. The minimum atomic E-state index is -1.20. The van der Waals surface area contributed by atoms with E-state index in [4.69, 9.17) is 42.6 Å². The molecule has 29 nitrogen and oxygen atoms in total. The van der Waals surface area contributed by atoms with Crippen molar-refractivity contribution in [3.63, 3.8) is 0 Å². The number of rotatable bonds is 45. The van der Waals surface area contributed by atoms with Crippen molar-refractivity contribution in [1.82, 2.24) is 40.9 Å². The van der Waals surface area contributed by atoms with Crippen LogP contribution in [0, 0.1) is 0 Å². The number of ether oxygens (including phenoxy) is 9. The van der Waals surface area contributed by atoms with Crippen LogP contribution in [0.1, 0.15) is 59.3 Å². The summed E-state index contributed by atoms with van der Waals surface area (Å²) >= 11 is 0. The Bertz CT molecular complexity index is 1680. The molecule has 0 radical (unpaired) electrons. The van der Waals surface area contributed by atoms with Gasteiger partial charge in [0, 0.05) is 91.9 Å². The van der Waals surface area contributed by atoms with Gasteiger partial charge in [0.05, 0.1) is 119 Å². The molecule has 79 heavy (non-hydrogen) atoms. The van der Waals surface area contributed by atoms with Crippen molar-refractivity contribution in [2.24, 2.45) is 0 Å². The van der Waals surface area contributed by atoms with Crippen LogP contribution in [0.2, 0.25) is 0 Å². The molecule has 29 heteroatoms. The molecule has 1 heterocycles. The van der Waals surface area contributed by atoms with Gasteiger partial charge in [-0.2, -0.15) is 0 Å². The van der Waals surface area contributed by atoms with Gasteiger partial charge in [-0.15, -0.1) is 0 Å². The summed E-state index contributed by atoms with van der Waals surface area (Å²) in [5.41, 5.74) is -0.786. The molecule has 1 fully saturated rings. The van der Waals surface area contributed by atoms with Crippen LogP contribution < -0.4 is 21.3 Å². The molecule has 2 unspecified atom stereocenters. The summed E-state index contributed by atoms with van der Waals surface area (Å²) in [5, 5.41) is 49.5. The third kappa shape index (κ3) is 42.6. The van der Waals surface area contributed by atoms with Crippen molar-refractivity contribution in [3.8, 4) is 0 Å². The maximum absolute atomic E-state index is 13.1. The molecule has 0 aromatic heterocycles. The number of alkyl carbamates (subject to hydrolysis) is 1. The van der Waals surface area contributed by atoms with Gasteiger partial charge in [-0.05, 0) is 46.5 Å². The predicted octanol–water partition coefficient (Wildman–Crippen LogP) is -1.74. The van der Waals surface area contributed by atoms with Gasteiger partial charge >= 0.3 is 30.0 Å². The second kappa shape index (κ2) is 45.8. The zero-order chi connectivity index (χ0) is 58.5. The van der Waals surface area contributed by atoms with Gasteiger partial charge in [-0.1, -0.05) is 0 Å². The van der Waals surface area contributed by atoms with E-state index in [1.807, 2.05) is 0 Å². The van der Waals surface area contributed by atoms with Gasteiger partial charge in [0.2, 0.25) is 17.7 Å². The highest BCUT2D eigenvalue weighted by molar-refractivity contribution is 5.85. The average molecular weight is 1140 g/mol. The fourth-order valence-electron chi connectivity index (χ4n) is 7.48. The van der Waals surface area contributed by atoms with E-state index in [0.717, 1.165) is 0 Å². The Morgan fingerprint density at radius 2 is 0.861 bits per heavy atom. The van der Waals surface area contributed by atoms with E-state index >= 15 is 0 Å². The van der Waals surface area contributed by atoms with Crippen molar-refractivity contribution in [3.05, 3.63) is 0 Å². The van der Waals surface area contributed by atoms with E-state index in [2.05, 4.69) is 21.3 Å². The van der Waals surface area contributed by atoms with E-state index in [1.54, 1.807) is 47.5 Å². The van der Waals surface area contributed by atoms with Crippen LogP contribution in [0.4, 0.5) is 4.79 Å². The Balaban J connectivity index is 2.39. The van der Waals surface area contributed by atoms with E-state index in [-0.39, 0.29) is 150 Å². The lowest BCUT2D eigenvalue weighted by molar-refractivity contribution is -0.145. The standard InChI is InChI=1S/C50H92N8O21/c1-50(2,3)79-49(70)54-40(7-5-6-11-51-43(60)10-22-72-27-30-76-33-34-78-36-35-77-32-31-75-26-25-71-4)47(67)53-13-24-74-29-28-73-23-12-52-42(59)9-8-41(48(68)69)58-20-18-56(38-45(63)64)16-14-55(37-44(61)62)15-17-57(19-21-58)39-46(65)66/h40-41H,5-39H2,1-4H3,(H,51,60)(H,52,59)(H,53,67)(H,54,70)(H,61,62)(H,63,64)(H,65,66)(H,68,69). The number of hydrogen-bond donors (Lipinski definition) is 8. The lowest BCUT2D eigenvalue weighted by Crippen LogP contribution is -2.52. The number of carboxylic acids is 4. The van der Waals surface area contributed by atoms with Gasteiger partial charge in [-0.3, -0.25) is 53.2 Å². The van der Waals surface area contributed by atoms with Crippen LogP contribution in [-0.2, 0) is 76.2 Å². The molecule has 2 atom stereocenters. The minimum absolute atomic E-state index is 0.0887.